The number of benzene rings is 1. The Balaban J connectivity index is 1.72. The molecular formula is C31H43N3O4S. The predicted octanol–water partition coefficient (Wildman–Crippen LogP) is 3.88. The summed E-state index contributed by atoms with van der Waals surface area (Å²) in [5, 5.41) is 10.3. The Bertz CT molecular complexity index is 1060. The molecule has 3 heterocycles. The van der Waals surface area contributed by atoms with Crippen molar-refractivity contribution in [1.82, 2.24) is 14.7 Å². The highest BCUT2D eigenvalue weighted by Gasteiger charge is 2.74. The number of aliphatic hydroxyl groups excluding tert-OH is 1. The number of fused-ring (bicyclic) bond motifs is 1. The molecular weight excluding hydrogens is 510 g/mol. The van der Waals surface area contributed by atoms with Crippen LogP contribution in [0.1, 0.15) is 51.5 Å². The summed E-state index contributed by atoms with van der Waals surface area (Å²) in [6, 6.07) is 8.69. The van der Waals surface area contributed by atoms with Crippen molar-refractivity contribution in [3.05, 3.63) is 61.2 Å². The number of amides is 3. The third-order valence-corrected chi connectivity index (χ3v) is 10.6. The highest BCUT2D eigenvalue weighted by atomic mass is 32.2. The summed E-state index contributed by atoms with van der Waals surface area (Å²) in [6.07, 6.45) is 7.32. The third kappa shape index (κ3) is 5.30. The molecule has 3 aliphatic rings. The summed E-state index contributed by atoms with van der Waals surface area (Å²) < 4.78 is -0.667. The van der Waals surface area contributed by atoms with Gasteiger partial charge < -0.3 is 19.8 Å². The van der Waals surface area contributed by atoms with Gasteiger partial charge in [0.15, 0.2) is 0 Å². The standard InChI is InChI=1S/C31H43N3O4S/c1-5-9-19-32(17-6-2)30(38)27-31-16-15-24(39-31)25(26(31)29(37)34(27)23(8-4)21-35)28(36)33(18-7-3)20-22-13-11-10-12-14-22/h6-7,10-14,23-27,35H,2-3,5,8-9,15-21H2,1,4H3/t23-,24-,25+,26-,27?,31?/m0/s1. The fourth-order valence-electron chi connectivity index (χ4n) is 6.83. The zero-order valence-corrected chi connectivity index (χ0v) is 24.2. The average molecular weight is 554 g/mol. The Hall–Kier alpha value is -2.58. The first-order valence-corrected chi connectivity index (χ1v) is 15.2. The number of carbonyl (C=O) groups excluding carboxylic acids is 3. The smallest absolute Gasteiger partial charge is 0.247 e. The maximum atomic E-state index is 14.3. The maximum Gasteiger partial charge on any atom is 0.247 e. The van der Waals surface area contributed by atoms with Crippen LogP contribution in [0.25, 0.3) is 0 Å². The second kappa shape index (κ2) is 12.7. The molecule has 3 fully saturated rings. The van der Waals surface area contributed by atoms with Crippen LogP contribution in [-0.4, -0.2) is 85.8 Å². The van der Waals surface area contributed by atoms with Crippen LogP contribution in [0.3, 0.4) is 0 Å². The number of likely N-dealkylation sites (tertiary alicyclic amines) is 1. The van der Waals surface area contributed by atoms with E-state index in [2.05, 4.69) is 20.1 Å². The van der Waals surface area contributed by atoms with Crippen molar-refractivity contribution < 1.29 is 19.5 Å². The molecule has 1 aromatic rings. The molecule has 1 spiro atoms. The van der Waals surface area contributed by atoms with Crippen molar-refractivity contribution in [3.8, 4) is 0 Å². The zero-order chi connectivity index (χ0) is 28.2. The van der Waals surface area contributed by atoms with Crippen LogP contribution in [0, 0.1) is 11.8 Å². The lowest BCUT2D eigenvalue weighted by Gasteiger charge is -2.39. The van der Waals surface area contributed by atoms with Crippen LogP contribution in [0.5, 0.6) is 0 Å². The first kappa shape index (κ1) is 29.4. The first-order chi connectivity index (χ1) is 18.9. The number of rotatable bonds is 14. The summed E-state index contributed by atoms with van der Waals surface area (Å²) in [4.78, 5) is 48.1. The van der Waals surface area contributed by atoms with Gasteiger partial charge in [-0.1, -0.05) is 62.8 Å². The number of hydrogen-bond donors (Lipinski definition) is 1. The van der Waals surface area contributed by atoms with Crippen LogP contribution in [0.15, 0.2) is 55.6 Å². The normalized spacial score (nSPS) is 27.8. The van der Waals surface area contributed by atoms with Gasteiger partial charge in [-0.3, -0.25) is 14.4 Å². The number of carbonyl (C=O) groups is 3. The quantitative estimate of drug-likeness (QED) is 0.354. The molecule has 4 rings (SSSR count). The molecule has 7 nitrogen and oxygen atoms in total. The van der Waals surface area contributed by atoms with Crippen LogP contribution in [0.4, 0.5) is 0 Å². The number of nitrogens with zero attached hydrogens (tertiary/aromatic N) is 3. The van der Waals surface area contributed by atoms with Gasteiger partial charge in [0, 0.05) is 31.4 Å². The summed E-state index contributed by atoms with van der Waals surface area (Å²) in [6.45, 7) is 13.4. The van der Waals surface area contributed by atoms with Gasteiger partial charge in [-0.15, -0.1) is 24.9 Å². The second-order valence-electron chi connectivity index (χ2n) is 11.0. The fourth-order valence-corrected chi connectivity index (χ4v) is 9.02. The molecule has 3 saturated heterocycles. The Morgan fingerprint density at radius 2 is 1.85 bits per heavy atom. The molecule has 3 amide bonds. The van der Waals surface area contributed by atoms with Crippen molar-refractivity contribution in [1.29, 1.82) is 0 Å². The monoisotopic (exact) mass is 553 g/mol. The summed E-state index contributed by atoms with van der Waals surface area (Å²) >= 11 is 1.68. The Morgan fingerprint density at radius 3 is 2.46 bits per heavy atom. The highest BCUT2D eigenvalue weighted by molar-refractivity contribution is 8.02. The molecule has 212 valence electrons. The lowest BCUT2D eigenvalue weighted by atomic mass is 9.70. The van der Waals surface area contributed by atoms with E-state index in [-0.39, 0.29) is 29.6 Å². The lowest BCUT2D eigenvalue weighted by molar-refractivity contribution is -0.147. The van der Waals surface area contributed by atoms with Crippen LogP contribution >= 0.6 is 11.8 Å². The summed E-state index contributed by atoms with van der Waals surface area (Å²) in [7, 11) is 0. The van der Waals surface area contributed by atoms with Gasteiger partial charge in [0.2, 0.25) is 17.7 Å². The molecule has 0 aliphatic carbocycles. The Morgan fingerprint density at radius 1 is 1.15 bits per heavy atom. The van der Waals surface area contributed by atoms with E-state index < -0.39 is 28.7 Å². The minimum Gasteiger partial charge on any atom is -0.394 e. The van der Waals surface area contributed by atoms with Gasteiger partial charge in [0.25, 0.3) is 0 Å². The van der Waals surface area contributed by atoms with Gasteiger partial charge >= 0.3 is 0 Å². The topological polar surface area (TPSA) is 81.2 Å². The maximum absolute atomic E-state index is 14.3. The number of thioether (sulfide) groups is 1. The predicted molar refractivity (Wildman–Crippen MR) is 156 cm³/mol. The molecule has 2 bridgehead atoms. The van der Waals surface area contributed by atoms with E-state index >= 15 is 0 Å². The van der Waals surface area contributed by atoms with Gasteiger partial charge in [-0.2, -0.15) is 0 Å². The molecule has 0 radical (unpaired) electrons. The average Bonchev–Trinajstić information content (AvgIpc) is 3.59. The Labute approximate surface area is 237 Å². The van der Waals surface area contributed by atoms with E-state index in [0.29, 0.717) is 39.0 Å². The van der Waals surface area contributed by atoms with E-state index in [4.69, 9.17) is 0 Å². The van der Waals surface area contributed by atoms with E-state index in [1.807, 2.05) is 42.2 Å². The third-order valence-electron chi connectivity index (χ3n) is 8.65. The molecule has 0 saturated carbocycles. The minimum atomic E-state index is -0.696. The molecule has 3 aliphatic heterocycles. The van der Waals surface area contributed by atoms with Crippen LogP contribution in [-0.2, 0) is 20.9 Å². The SMILES string of the molecule is C=CCN(CCCC)C(=O)C1N([C@@H](CC)CO)C(=O)[C@@H]2[C@H](C(=O)N(CC=C)Cc3ccccc3)[C@@H]3CCC12S3. The Kier molecular flexibility index (Phi) is 9.60. The van der Waals surface area contributed by atoms with Crippen molar-refractivity contribution in [2.24, 2.45) is 11.8 Å². The van der Waals surface area contributed by atoms with Crippen molar-refractivity contribution >= 4 is 29.5 Å². The van der Waals surface area contributed by atoms with E-state index in [1.165, 1.54) is 0 Å². The van der Waals surface area contributed by atoms with E-state index in [9.17, 15) is 19.5 Å². The molecule has 2 unspecified atom stereocenters. The van der Waals surface area contributed by atoms with Crippen LogP contribution in [0.2, 0.25) is 0 Å². The second-order valence-corrected chi connectivity index (χ2v) is 12.6. The minimum absolute atomic E-state index is 0.00955. The molecule has 6 atom stereocenters. The summed E-state index contributed by atoms with van der Waals surface area (Å²) in [5.74, 6) is -1.37. The van der Waals surface area contributed by atoms with Crippen molar-refractivity contribution in [2.75, 3.05) is 26.2 Å². The summed E-state index contributed by atoms with van der Waals surface area (Å²) in [5.41, 5.74) is 1.02. The lowest BCUT2D eigenvalue weighted by Crippen LogP contribution is -2.57. The van der Waals surface area contributed by atoms with Gasteiger partial charge in [-0.05, 0) is 31.2 Å². The highest BCUT2D eigenvalue weighted by Crippen LogP contribution is 2.67. The molecule has 39 heavy (non-hydrogen) atoms. The van der Waals surface area contributed by atoms with Crippen molar-refractivity contribution in [3.63, 3.8) is 0 Å². The van der Waals surface area contributed by atoms with E-state index in [0.717, 1.165) is 24.8 Å². The largest absolute Gasteiger partial charge is 0.394 e. The molecule has 0 aromatic heterocycles. The molecule has 8 heteroatoms. The van der Waals surface area contributed by atoms with Gasteiger partial charge in [0.05, 0.1) is 29.2 Å². The molecule has 1 aromatic carbocycles. The zero-order valence-electron chi connectivity index (χ0n) is 23.3. The van der Waals surface area contributed by atoms with Crippen molar-refractivity contribution in [2.45, 2.75) is 74.6 Å². The van der Waals surface area contributed by atoms with Gasteiger partial charge in [-0.25, -0.2) is 0 Å². The molecule has 1 N–H and O–H groups in total. The van der Waals surface area contributed by atoms with E-state index in [1.54, 1.807) is 33.7 Å². The van der Waals surface area contributed by atoms with Crippen LogP contribution < -0.4 is 0 Å². The van der Waals surface area contributed by atoms with Gasteiger partial charge in [0.1, 0.15) is 6.04 Å². The number of aliphatic hydroxyl groups is 1. The fraction of sp³-hybridized carbons (Fsp3) is 0.581. The number of unbranched alkanes of at least 4 members (excludes halogenated alkanes) is 1. The number of hydrogen-bond acceptors (Lipinski definition) is 5. The first-order valence-electron chi connectivity index (χ1n) is 14.3.